The largest absolute Gasteiger partial charge is 0.319 e. The minimum Gasteiger partial charge on any atom is -0.319 e. The van der Waals surface area contributed by atoms with E-state index in [-0.39, 0.29) is 27.0 Å². The normalized spacial score (nSPS) is 11.1. The van der Waals surface area contributed by atoms with E-state index in [1.807, 2.05) is 0 Å². The smallest absolute Gasteiger partial charge is 0.257 e. The molecule has 0 atom stereocenters. The van der Waals surface area contributed by atoms with Gasteiger partial charge in [0.05, 0.1) is 23.2 Å². The lowest BCUT2D eigenvalue weighted by atomic mass is 10.1. The first-order chi connectivity index (χ1) is 10.7. The standard InChI is InChI=1S/C14H11Cl2FN2O3S/c1-23(21,22)19-12-4-2-8(15)6-10(12)14(20)18-13-5-3-9(16)7-11(13)17/h2-7,19H,1H3,(H,18,20). The van der Waals surface area contributed by atoms with Gasteiger partial charge in [0.25, 0.3) is 5.91 Å². The highest BCUT2D eigenvalue weighted by molar-refractivity contribution is 7.92. The quantitative estimate of drug-likeness (QED) is 0.852. The van der Waals surface area contributed by atoms with Gasteiger partial charge in [-0.3, -0.25) is 9.52 Å². The molecule has 0 radical (unpaired) electrons. The van der Waals surface area contributed by atoms with Crippen molar-refractivity contribution < 1.29 is 17.6 Å². The molecule has 2 aromatic rings. The van der Waals surface area contributed by atoms with Crippen molar-refractivity contribution in [2.24, 2.45) is 0 Å². The van der Waals surface area contributed by atoms with Crippen LogP contribution in [0.1, 0.15) is 10.4 Å². The van der Waals surface area contributed by atoms with E-state index in [4.69, 9.17) is 23.2 Å². The topological polar surface area (TPSA) is 75.3 Å². The van der Waals surface area contributed by atoms with Crippen molar-refractivity contribution in [1.82, 2.24) is 0 Å². The molecule has 0 aromatic heterocycles. The maximum Gasteiger partial charge on any atom is 0.257 e. The Morgan fingerprint density at radius 3 is 2.17 bits per heavy atom. The van der Waals surface area contributed by atoms with Crippen molar-refractivity contribution in [2.75, 3.05) is 16.3 Å². The molecule has 122 valence electrons. The van der Waals surface area contributed by atoms with Crippen LogP contribution in [0, 0.1) is 5.82 Å². The van der Waals surface area contributed by atoms with Crippen LogP contribution in [0.4, 0.5) is 15.8 Å². The number of benzene rings is 2. The highest BCUT2D eigenvalue weighted by Crippen LogP contribution is 2.24. The zero-order valence-corrected chi connectivity index (χ0v) is 14.1. The van der Waals surface area contributed by atoms with Gasteiger partial charge >= 0.3 is 0 Å². The second kappa shape index (κ2) is 6.74. The lowest BCUT2D eigenvalue weighted by Crippen LogP contribution is -2.18. The predicted molar refractivity (Wildman–Crippen MR) is 89.3 cm³/mol. The summed E-state index contributed by atoms with van der Waals surface area (Å²) < 4.78 is 38.7. The van der Waals surface area contributed by atoms with Crippen molar-refractivity contribution in [3.8, 4) is 0 Å². The fraction of sp³-hybridized carbons (Fsp3) is 0.0714. The van der Waals surface area contributed by atoms with Gasteiger partial charge in [0, 0.05) is 10.0 Å². The van der Waals surface area contributed by atoms with Crippen LogP contribution in [0.5, 0.6) is 0 Å². The molecule has 0 unspecified atom stereocenters. The Balaban J connectivity index is 2.36. The van der Waals surface area contributed by atoms with Gasteiger partial charge in [-0.05, 0) is 36.4 Å². The third kappa shape index (κ3) is 4.82. The number of carbonyl (C=O) groups excluding carboxylic acids is 1. The van der Waals surface area contributed by atoms with Crippen LogP contribution in [0.3, 0.4) is 0 Å². The summed E-state index contributed by atoms with van der Waals surface area (Å²) in [6.07, 6.45) is 0.947. The Bertz CT molecular complexity index is 872. The molecule has 2 N–H and O–H groups in total. The first-order valence-electron chi connectivity index (χ1n) is 6.19. The molecule has 0 heterocycles. The minimum atomic E-state index is -3.60. The highest BCUT2D eigenvalue weighted by Gasteiger charge is 2.16. The van der Waals surface area contributed by atoms with Gasteiger partial charge in [0.2, 0.25) is 10.0 Å². The van der Waals surface area contributed by atoms with Crippen LogP contribution >= 0.6 is 23.2 Å². The fourth-order valence-corrected chi connectivity index (χ4v) is 2.68. The lowest BCUT2D eigenvalue weighted by Gasteiger charge is -2.12. The van der Waals surface area contributed by atoms with Gasteiger partial charge in [-0.2, -0.15) is 0 Å². The average molecular weight is 377 g/mol. The summed E-state index contributed by atoms with van der Waals surface area (Å²) in [6.45, 7) is 0. The number of rotatable bonds is 4. The van der Waals surface area contributed by atoms with E-state index in [1.165, 1.54) is 30.3 Å². The maximum atomic E-state index is 13.7. The highest BCUT2D eigenvalue weighted by atomic mass is 35.5. The summed E-state index contributed by atoms with van der Waals surface area (Å²) in [6, 6.07) is 7.80. The summed E-state index contributed by atoms with van der Waals surface area (Å²) in [5.74, 6) is -1.44. The monoisotopic (exact) mass is 376 g/mol. The van der Waals surface area contributed by atoms with Gasteiger partial charge in [-0.25, -0.2) is 12.8 Å². The molecule has 0 fully saturated rings. The molecule has 0 aliphatic carbocycles. The molecule has 5 nitrogen and oxygen atoms in total. The minimum absolute atomic E-state index is 0.0313. The Morgan fingerprint density at radius 2 is 1.61 bits per heavy atom. The van der Waals surface area contributed by atoms with Crippen LogP contribution in [-0.4, -0.2) is 20.6 Å². The van der Waals surface area contributed by atoms with Crippen molar-refractivity contribution in [2.45, 2.75) is 0 Å². The number of hydrogen-bond donors (Lipinski definition) is 2. The molecule has 23 heavy (non-hydrogen) atoms. The Labute approximate surface area is 142 Å². The third-order valence-corrected chi connectivity index (χ3v) is 3.76. The Morgan fingerprint density at radius 1 is 1.04 bits per heavy atom. The van der Waals surface area contributed by atoms with Gasteiger partial charge in [-0.1, -0.05) is 23.2 Å². The molecule has 2 aromatic carbocycles. The molecule has 0 aliphatic heterocycles. The molecular formula is C14H11Cl2FN2O3S. The first-order valence-corrected chi connectivity index (χ1v) is 8.84. The first kappa shape index (κ1) is 17.5. The predicted octanol–water partition coefficient (Wildman–Crippen LogP) is 3.76. The summed E-state index contributed by atoms with van der Waals surface area (Å²) in [5.41, 5.74) is -0.106. The van der Waals surface area contributed by atoms with E-state index >= 15 is 0 Å². The van der Waals surface area contributed by atoms with Crippen molar-refractivity contribution in [3.63, 3.8) is 0 Å². The summed E-state index contributed by atoms with van der Waals surface area (Å²) >= 11 is 11.5. The summed E-state index contributed by atoms with van der Waals surface area (Å²) in [7, 11) is -3.60. The molecule has 2 rings (SSSR count). The summed E-state index contributed by atoms with van der Waals surface area (Å²) in [5, 5.41) is 2.75. The number of halogens is 3. The van der Waals surface area contributed by atoms with Gasteiger partial charge in [0.15, 0.2) is 0 Å². The third-order valence-electron chi connectivity index (χ3n) is 2.70. The molecule has 0 aliphatic rings. The zero-order valence-electron chi connectivity index (χ0n) is 11.7. The van der Waals surface area contributed by atoms with E-state index in [0.29, 0.717) is 0 Å². The Hall–Kier alpha value is -1.83. The number of nitrogens with one attached hydrogen (secondary N) is 2. The number of hydrogen-bond acceptors (Lipinski definition) is 3. The zero-order chi connectivity index (χ0) is 17.2. The van der Waals surface area contributed by atoms with Crippen molar-refractivity contribution >= 4 is 50.5 Å². The van der Waals surface area contributed by atoms with Crippen LogP contribution in [-0.2, 0) is 10.0 Å². The van der Waals surface area contributed by atoms with Crippen molar-refractivity contribution in [3.05, 3.63) is 57.8 Å². The van der Waals surface area contributed by atoms with Gasteiger partial charge in [-0.15, -0.1) is 0 Å². The van der Waals surface area contributed by atoms with E-state index in [2.05, 4.69) is 10.0 Å². The number of carbonyl (C=O) groups is 1. The maximum absolute atomic E-state index is 13.7. The van der Waals surface area contributed by atoms with Crippen LogP contribution < -0.4 is 10.0 Å². The number of sulfonamides is 1. The molecule has 9 heteroatoms. The van der Waals surface area contributed by atoms with Gasteiger partial charge in [0.1, 0.15) is 5.82 Å². The van der Waals surface area contributed by atoms with E-state index < -0.39 is 21.7 Å². The second-order valence-corrected chi connectivity index (χ2v) is 7.26. The molecule has 0 spiro atoms. The van der Waals surface area contributed by atoms with Gasteiger partial charge < -0.3 is 5.32 Å². The Kier molecular flexibility index (Phi) is 5.13. The lowest BCUT2D eigenvalue weighted by molar-refractivity contribution is 0.102. The molecule has 0 saturated heterocycles. The SMILES string of the molecule is CS(=O)(=O)Nc1ccc(Cl)cc1C(=O)Nc1ccc(Cl)cc1F. The molecular weight excluding hydrogens is 366 g/mol. The molecule has 0 bridgehead atoms. The second-order valence-electron chi connectivity index (χ2n) is 4.64. The van der Waals surface area contributed by atoms with E-state index in [9.17, 15) is 17.6 Å². The van der Waals surface area contributed by atoms with Crippen LogP contribution in [0.25, 0.3) is 0 Å². The van der Waals surface area contributed by atoms with Crippen molar-refractivity contribution in [1.29, 1.82) is 0 Å². The fourth-order valence-electron chi connectivity index (χ4n) is 1.77. The van der Waals surface area contributed by atoms with E-state index in [1.54, 1.807) is 0 Å². The number of amides is 1. The van der Waals surface area contributed by atoms with E-state index in [0.717, 1.165) is 12.3 Å². The average Bonchev–Trinajstić information content (AvgIpc) is 2.42. The molecule has 0 saturated carbocycles. The van der Waals surface area contributed by atoms with Crippen LogP contribution in [0.2, 0.25) is 10.0 Å². The molecule has 1 amide bonds. The van der Waals surface area contributed by atoms with Crippen LogP contribution in [0.15, 0.2) is 36.4 Å². The number of anilines is 2. The summed E-state index contributed by atoms with van der Waals surface area (Å²) in [4.78, 5) is 12.3.